The molecule has 4 fully saturated rings. The number of nitrogens with zero attached hydrogens (tertiary/aromatic N) is 2. The highest BCUT2D eigenvalue weighted by Gasteiger charge is 2.44. The normalized spacial score (nSPS) is 28.5. The molecular formula is C23H31N3O2. The molecule has 1 N–H and O–H groups in total. The predicted octanol–water partition coefficient (Wildman–Crippen LogP) is 3.65. The van der Waals surface area contributed by atoms with E-state index in [0.29, 0.717) is 30.2 Å². The molecule has 150 valence electrons. The smallest absolute Gasteiger partial charge is 0.313 e. The lowest BCUT2D eigenvalue weighted by Gasteiger charge is -2.39. The van der Waals surface area contributed by atoms with Crippen LogP contribution >= 0.6 is 0 Å². The van der Waals surface area contributed by atoms with E-state index in [2.05, 4.69) is 29.3 Å². The minimum atomic E-state index is -0.511. The van der Waals surface area contributed by atoms with Gasteiger partial charge >= 0.3 is 11.8 Å². The lowest BCUT2D eigenvalue weighted by Crippen LogP contribution is -2.47. The van der Waals surface area contributed by atoms with Crippen LogP contribution in [0.2, 0.25) is 0 Å². The van der Waals surface area contributed by atoms with Crippen LogP contribution in [0.15, 0.2) is 24.3 Å². The third kappa shape index (κ3) is 3.29. The number of hydrogen-bond donors (Lipinski definition) is 1. The molecule has 2 bridgehead atoms. The summed E-state index contributed by atoms with van der Waals surface area (Å²) in [6, 6.07) is 8.68. The molecule has 2 aliphatic heterocycles. The zero-order valence-corrected chi connectivity index (χ0v) is 16.8. The van der Waals surface area contributed by atoms with E-state index in [4.69, 9.17) is 0 Å². The summed E-state index contributed by atoms with van der Waals surface area (Å²) in [5.74, 6) is 0.790. The van der Waals surface area contributed by atoms with Crippen LogP contribution in [-0.4, -0.2) is 42.4 Å². The first-order valence-corrected chi connectivity index (χ1v) is 11.0. The quantitative estimate of drug-likeness (QED) is 0.813. The van der Waals surface area contributed by atoms with Crippen LogP contribution in [-0.2, 0) is 9.59 Å². The van der Waals surface area contributed by atoms with Crippen LogP contribution in [0.1, 0.15) is 51.9 Å². The summed E-state index contributed by atoms with van der Waals surface area (Å²) in [4.78, 5) is 29.2. The van der Waals surface area contributed by atoms with Crippen LogP contribution in [0, 0.1) is 17.3 Å². The third-order valence-electron chi connectivity index (χ3n) is 7.82. The van der Waals surface area contributed by atoms with Crippen molar-refractivity contribution in [3.05, 3.63) is 24.3 Å². The zero-order chi connectivity index (χ0) is 19.3. The van der Waals surface area contributed by atoms with E-state index in [-0.39, 0.29) is 0 Å². The van der Waals surface area contributed by atoms with Crippen LogP contribution in [0.3, 0.4) is 0 Å². The summed E-state index contributed by atoms with van der Waals surface area (Å²) in [6.45, 7) is 4.91. The van der Waals surface area contributed by atoms with Crippen molar-refractivity contribution in [2.24, 2.45) is 17.3 Å². The van der Waals surface area contributed by atoms with E-state index < -0.39 is 11.8 Å². The number of benzene rings is 1. The standard InChI is InChI=1S/C23H31N3O2/c1-23(17-3-4-17)10-12-25(13-11-23)22(28)21(27)24-18-5-8-19(9-6-18)26-15-16-2-7-20(26)14-16/h5-6,8-9,16-17,20H,2-4,7,10-15H2,1H3,(H,24,27). The number of amides is 2. The number of carbonyl (C=O) groups excluding carboxylic acids is 2. The van der Waals surface area contributed by atoms with Gasteiger partial charge in [0.05, 0.1) is 0 Å². The van der Waals surface area contributed by atoms with Crippen LogP contribution in [0.4, 0.5) is 11.4 Å². The Kier molecular flexibility index (Phi) is 4.37. The highest BCUT2D eigenvalue weighted by Crippen LogP contribution is 2.51. The molecule has 1 aromatic rings. The molecular weight excluding hydrogens is 350 g/mol. The van der Waals surface area contributed by atoms with E-state index in [1.807, 2.05) is 12.1 Å². The van der Waals surface area contributed by atoms with Gasteiger partial charge < -0.3 is 15.1 Å². The Morgan fingerprint density at radius 1 is 1.04 bits per heavy atom. The third-order valence-corrected chi connectivity index (χ3v) is 7.82. The van der Waals surface area contributed by atoms with Gasteiger partial charge in [0, 0.05) is 37.1 Å². The average molecular weight is 382 g/mol. The van der Waals surface area contributed by atoms with Crippen molar-refractivity contribution >= 4 is 23.2 Å². The van der Waals surface area contributed by atoms with E-state index in [1.165, 1.54) is 37.8 Å². The Balaban J connectivity index is 1.16. The van der Waals surface area contributed by atoms with Crippen molar-refractivity contribution in [3.8, 4) is 0 Å². The number of likely N-dealkylation sites (tertiary alicyclic amines) is 1. The van der Waals surface area contributed by atoms with E-state index in [9.17, 15) is 9.59 Å². The van der Waals surface area contributed by atoms with Crippen LogP contribution in [0.25, 0.3) is 0 Å². The number of fused-ring (bicyclic) bond motifs is 2. The predicted molar refractivity (Wildman–Crippen MR) is 110 cm³/mol. The second kappa shape index (κ2) is 6.78. The van der Waals surface area contributed by atoms with Crippen LogP contribution in [0.5, 0.6) is 0 Å². The lowest BCUT2D eigenvalue weighted by molar-refractivity contribution is -0.144. The van der Waals surface area contributed by atoms with Crippen molar-refractivity contribution in [1.82, 2.24) is 4.90 Å². The summed E-state index contributed by atoms with van der Waals surface area (Å²) < 4.78 is 0. The first kappa shape index (κ1) is 18.0. The van der Waals surface area contributed by atoms with Gasteiger partial charge in [0.2, 0.25) is 0 Å². The Labute approximate surface area is 167 Å². The fourth-order valence-corrected chi connectivity index (χ4v) is 5.71. The molecule has 0 aromatic heterocycles. The maximum Gasteiger partial charge on any atom is 0.313 e. The molecule has 0 radical (unpaired) electrons. The van der Waals surface area contributed by atoms with E-state index >= 15 is 0 Å². The lowest BCUT2D eigenvalue weighted by atomic mass is 9.76. The highest BCUT2D eigenvalue weighted by atomic mass is 16.2. The second-order valence-corrected chi connectivity index (χ2v) is 9.71. The molecule has 2 aliphatic carbocycles. The number of nitrogens with one attached hydrogen (secondary N) is 1. The monoisotopic (exact) mass is 381 g/mol. The van der Waals surface area contributed by atoms with Gasteiger partial charge in [-0.3, -0.25) is 9.59 Å². The SMILES string of the molecule is CC1(C2CC2)CCN(C(=O)C(=O)Nc2ccc(N3CC4CCC3C4)cc2)CC1. The van der Waals surface area contributed by atoms with E-state index in [1.54, 1.807) is 4.90 Å². The maximum atomic E-state index is 12.6. The zero-order valence-electron chi connectivity index (χ0n) is 16.8. The Hall–Kier alpha value is -2.04. The molecule has 5 nitrogen and oxygen atoms in total. The van der Waals surface area contributed by atoms with Gasteiger partial charge in [0.1, 0.15) is 0 Å². The van der Waals surface area contributed by atoms with Crippen molar-refractivity contribution in [3.63, 3.8) is 0 Å². The molecule has 2 saturated heterocycles. The van der Waals surface area contributed by atoms with Crippen molar-refractivity contribution < 1.29 is 9.59 Å². The molecule has 0 spiro atoms. The van der Waals surface area contributed by atoms with Gasteiger partial charge in [0.15, 0.2) is 0 Å². The maximum absolute atomic E-state index is 12.6. The molecule has 2 heterocycles. The van der Waals surface area contributed by atoms with Crippen molar-refractivity contribution in [1.29, 1.82) is 0 Å². The first-order chi connectivity index (χ1) is 13.5. The largest absolute Gasteiger partial charge is 0.368 e. The minimum Gasteiger partial charge on any atom is -0.368 e. The Bertz CT molecular complexity index is 763. The van der Waals surface area contributed by atoms with Gasteiger partial charge in [-0.05, 0) is 86.5 Å². The molecule has 2 unspecified atom stereocenters. The van der Waals surface area contributed by atoms with Gasteiger partial charge in [-0.2, -0.15) is 0 Å². The van der Waals surface area contributed by atoms with Gasteiger partial charge in [0.25, 0.3) is 0 Å². The molecule has 1 aromatic carbocycles. The topological polar surface area (TPSA) is 52.7 Å². The molecule has 2 amide bonds. The summed E-state index contributed by atoms with van der Waals surface area (Å²) in [6.07, 6.45) is 8.69. The fraction of sp³-hybridized carbons (Fsp3) is 0.652. The Morgan fingerprint density at radius 3 is 2.32 bits per heavy atom. The molecule has 2 atom stereocenters. The highest BCUT2D eigenvalue weighted by molar-refractivity contribution is 6.39. The number of rotatable bonds is 3. The molecule has 5 rings (SSSR count). The molecule has 5 heteroatoms. The molecule has 2 saturated carbocycles. The average Bonchev–Trinajstić information content (AvgIpc) is 3.38. The minimum absolute atomic E-state index is 0.373. The number of hydrogen-bond acceptors (Lipinski definition) is 3. The van der Waals surface area contributed by atoms with Crippen LogP contribution < -0.4 is 10.2 Å². The molecule has 4 aliphatic rings. The summed E-state index contributed by atoms with van der Waals surface area (Å²) in [5, 5.41) is 2.80. The van der Waals surface area contributed by atoms with Gasteiger partial charge in [-0.1, -0.05) is 6.92 Å². The van der Waals surface area contributed by atoms with Crippen molar-refractivity contribution in [2.75, 3.05) is 29.9 Å². The summed E-state index contributed by atoms with van der Waals surface area (Å²) in [5.41, 5.74) is 2.30. The second-order valence-electron chi connectivity index (χ2n) is 9.71. The van der Waals surface area contributed by atoms with Gasteiger partial charge in [-0.25, -0.2) is 0 Å². The number of piperidine rings is 2. The summed E-state index contributed by atoms with van der Waals surface area (Å²) in [7, 11) is 0. The van der Waals surface area contributed by atoms with Crippen molar-refractivity contribution in [2.45, 2.75) is 57.9 Å². The first-order valence-electron chi connectivity index (χ1n) is 11.0. The number of carbonyl (C=O) groups is 2. The Morgan fingerprint density at radius 2 is 1.75 bits per heavy atom. The molecule has 28 heavy (non-hydrogen) atoms. The van der Waals surface area contributed by atoms with Gasteiger partial charge in [-0.15, -0.1) is 0 Å². The fourth-order valence-electron chi connectivity index (χ4n) is 5.71. The number of anilines is 2. The summed E-state index contributed by atoms with van der Waals surface area (Å²) >= 11 is 0. The van der Waals surface area contributed by atoms with E-state index in [0.717, 1.165) is 31.2 Å².